The van der Waals surface area contributed by atoms with Crippen LogP contribution < -0.4 is 0 Å². The maximum atomic E-state index is 12.9. The number of aliphatic carboxylic acids is 1. The first-order chi connectivity index (χ1) is 10.2. The highest BCUT2D eigenvalue weighted by Crippen LogP contribution is 2.50. The largest absolute Gasteiger partial charge is 0.481 e. The van der Waals surface area contributed by atoms with Crippen molar-refractivity contribution in [2.24, 2.45) is 5.41 Å². The Morgan fingerprint density at radius 3 is 2.77 bits per heavy atom. The number of carboxylic acids is 1. The van der Waals surface area contributed by atoms with E-state index >= 15 is 0 Å². The molecule has 1 heterocycles. The van der Waals surface area contributed by atoms with Gasteiger partial charge in [0.2, 0.25) is 0 Å². The van der Waals surface area contributed by atoms with Gasteiger partial charge in [0.15, 0.2) is 0 Å². The second-order valence-electron chi connectivity index (χ2n) is 5.88. The fraction of sp³-hybridized carbons (Fsp3) is 0.600. The predicted octanol–water partition coefficient (Wildman–Crippen LogP) is 4.89. The summed E-state index contributed by atoms with van der Waals surface area (Å²) in [5.41, 5.74) is -1.39. The number of aromatic nitrogens is 1. The van der Waals surface area contributed by atoms with Gasteiger partial charge in [-0.1, -0.05) is 24.9 Å². The van der Waals surface area contributed by atoms with E-state index in [1.807, 2.05) is 6.92 Å². The van der Waals surface area contributed by atoms with Crippen LogP contribution in [0.15, 0.2) is 12.3 Å². The van der Waals surface area contributed by atoms with Crippen molar-refractivity contribution in [1.29, 1.82) is 0 Å². The minimum absolute atomic E-state index is 0.228. The van der Waals surface area contributed by atoms with Crippen LogP contribution in [0.2, 0.25) is 5.15 Å². The summed E-state index contributed by atoms with van der Waals surface area (Å²) in [5.74, 6) is -1.09. The van der Waals surface area contributed by atoms with E-state index in [0.717, 1.165) is 12.5 Å². The molecule has 7 heteroatoms. The molecule has 1 aliphatic carbocycles. The minimum Gasteiger partial charge on any atom is -0.481 e. The molecule has 1 aliphatic rings. The first-order valence-corrected chi connectivity index (χ1v) is 7.53. The fourth-order valence-electron chi connectivity index (χ4n) is 3.30. The molecule has 3 nitrogen and oxygen atoms in total. The Bertz CT molecular complexity index is 576. The van der Waals surface area contributed by atoms with E-state index in [0.29, 0.717) is 31.2 Å². The molecule has 0 unspecified atom stereocenters. The molecule has 1 aromatic heterocycles. The standard InChI is InChI=1S/C15H17ClF3NO2/c1-2-4-14(13(21)22)5-3-9(7-14)10-6-11(15(17,18)19)12(16)20-8-10/h6,8-9H,2-5,7H2,1H3,(H,21,22)/t9-,14+/m0/s1. The highest BCUT2D eigenvalue weighted by Gasteiger charge is 2.45. The summed E-state index contributed by atoms with van der Waals surface area (Å²) >= 11 is 5.52. The summed E-state index contributed by atoms with van der Waals surface area (Å²) in [6.07, 6.45) is -0.607. The topological polar surface area (TPSA) is 50.2 Å². The first-order valence-electron chi connectivity index (χ1n) is 7.15. The summed E-state index contributed by atoms with van der Waals surface area (Å²) in [7, 11) is 0. The molecule has 1 saturated carbocycles. The van der Waals surface area contributed by atoms with Crippen molar-refractivity contribution in [3.05, 3.63) is 28.5 Å². The molecule has 2 rings (SSSR count). The lowest BCUT2D eigenvalue weighted by atomic mass is 9.80. The Kier molecular flexibility index (Phi) is 4.70. The Labute approximate surface area is 131 Å². The van der Waals surface area contributed by atoms with Gasteiger partial charge in [-0.15, -0.1) is 0 Å². The lowest BCUT2D eigenvalue weighted by Gasteiger charge is -2.24. The molecule has 1 fully saturated rings. The van der Waals surface area contributed by atoms with Gasteiger partial charge in [-0.25, -0.2) is 4.98 Å². The second kappa shape index (κ2) is 6.07. The molecule has 0 amide bonds. The number of alkyl halides is 3. The number of hydrogen-bond acceptors (Lipinski definition) is 2. The van der Waals surface area contributed by atoms with Gasteiger partial charge >= 0.3 is 12.1 Å². The molecule has 22 heavy (non-hydrogen) atoms. The van der Waals surface area contributed by atoms with E-state index in [4.69, 9.17) is 11.6 Å². The van der Waals surface area contributed by atoms with Crippen LogP contribution in [-0.4, -0.2) is 16.1 Å². The Morgan fingerprint density at radius 1 is 1.55 bits per heavy atom. The van der Waals surface area contributed by atoms with E-state index in [1.54, 1.807) is 0 Å². The van der Waals surface area contributed by atoms with Crippen LogP contribution in [-0.2, 0) is 11.0 Å². The number of rotatable bonds is 4. The van der Waals surface area contributed by atoms with Crippen molar-refractivity contribution >= 4 is 17.6 Å². The number of pyridine rings is 1. The molecule has 0 aromatic carbocycles. The molecular formula is C15H17ClF3NO2. The number of carboxylic acid groups (broad SMARTS) is 1. The zero-order valence-electron chi connectivity index (χ0n) is 12.1. The minimum atomic E-state index is -4.56. The van der Waals surface area contributed by atoms with Gasteiger partial charge in [0.1, 0.15) is 5.15 Å². The molecule has 2 atom stereocenters. The normalized spacial score (nSPS) is 25.4. The maximum Gasteiger partial charge on any atom is 0.419 e. The fourth-order valence-corrected chi connectivity index (χ4v) is 3.51. The molecule has 1 aromatic rings. The molecule has 0 radical (unpaired) electrons. The third kappa shape index (κ3) is 3.21. The summed E-state index contributed by atoms with van der Waals surface area (Å²) in [4.78, 5) is 15.2. The third-order valence-electron chi connectivity index (χ3n) is 4.43. The third-order valence-corrected chi connectivity index (χ3v) is 4.73. The van der Waals surface area contributed by atoms with Gasteiger partial charge < -0.3 is 5.11 Å². The molecule has 122 valence electrons. The highest BCUT2D eigenvalue weighted by molar-refractivity contribution is 6.30. The van der Waals surface area contributed by atoms with Gasteiger partial charge in [0, 0.05) is 6.20 Å². The van der Waals surface area contributed by atoms with Gasteiger partial charge in [-0.2, -0.15) is 13.2 Å². The van der Waals surface area contributed by atoms with E-state index < -0.39 is 28.3 Å². The van der Waals surface area contributed by atoms with Crippen LogP contribution in [0.25, 0.3) is 0 Å². The van der Waals surface area contributed by atoms with Crippen LogP contribution >= 0.6 is 11.6 Å². The lowest BCUT2D eigenvalue weighted by molar-refractivity contribution is -0.149. The highest BCUT2D eigenvalue weighted by atomic mass is 35.5. The van der Waals surface area contributed by atoms with Gasteiger partial charge in [0.05, 0.1) is 11.0 Å². The Hall–Kier alpha value is -1.30. The van der Waals surface area contributed by atoms with Crippen LogP contribution in [0, 0.1) is 5.41 Å². The summed E-state index contributed by atoms with van der Waals surface area (Å²) in [6, 6.07) is 1.00. The zero-order chi connectivity index (χ0) is 16.5. The quantitative estimate of drug-likeness (QED) is 0.797. The van der Waals surface area contributed by atoms with E-state index in [2.05, 4.69) is 4.98 Å². The number of carbonyl (C=O) groups is 1. The van der Waals surface area contributed by atoms with Crippen molar-refractivity contribution in [1.82, 2.24) is 4.98 Å². The number of halogens is 4. The second-order valence-corrected chi connectivity index (χ2v) is 6.24. The van der Waals surface area contributed by atoms with Crippen molar-refractivity contribution in [2.75, 3.05) is 0 Å². The van der Waals surface area contributed by atoms with Gasteiger partial charge in [0.25, 0.3) is 0 Å². The average molecular weight is 336 g/mol. The summed E-state index contributed by atoms with van der Waals surface area (Å²) in [6.45, 7) is 1.91. The monoisotopic (exact) mass is 335 g/mol. The van der Waals surface area contributed by atoms with Gasteiger partial charge in [-0.3, -0.25) is 4.79 Å². The molecule has 1 N–H and O–H groups in total. The maximum absolute atomic E-state index is 12.9. The Balaban J connectivity index is 2.29. The van der Waals surface area contributed by atoms with Crippen molar-refractivity contribution in [3.8, 4) is 0 Å². The van der Waals surface area contributed by atoms with Crippen molar-refractivity contribution in [2.45, 2.75) is 51.1 Å². The lowest BCUT2D eigenvalue weighted by Crippen LogP contribution is -2.27. The SMILES string of the molecule is CCC[C@@]1(C(=O)O)CC[C@H](c2cnc(Cl)c(C(F)(F)F)c2)C1. The zero-order valence-corrected chi connectivity index (χ0v) is 12.8. The predicted molar refractivity (Wildman–Crippen MR) is 75.8 cm³/mol. The van der Waals surface area contributed by atoms with Crippen LogP contribution in [0.3, 0.4) is 0 Å². The average Bonchev–Trinajstić information content (AvgIpc) is 2.84. The van der Waals surface area contributed by atoms with Gasteiger partial charge in [-0.05, 0) is 43.2 Å². The van der Waals surface area contributed by atoms with Crippen LogP contribution in [0.4, 0.5) is 13.2 Å². The first kappa shape index (κ1) is 17.1. The molecule has 0 aliphatic heterocycles. The van der Waals surface area contributed by atoms with E-state index in [1.165, 1.54) is 6.20 Å². The van der Waals surface area contributed by atoms with E-state index in [-0.39, 0.29) is 5.92 Å². The van der Waals surface area contributed by atoms with Crippen molar-refractivity contribution in [3.63, 3.8) is 0 Å². The molecule has 0 bridgehead atoms. The van der Waals surface area contributed by atoms with E-state index in [9.17, 15) is 23.1 Å². The molecular weight excluding hydrogens is 319 g/mol. The molecule has 0 saturated heterocycles. The van der Waals surface area contributed by atoms with Crippen molar-refractivity contribution < 1.29 is 23.1 Å². The van der Waals surface area contributed by atoms with Crippen LogP contribution in [0.1, 0.15) is 56.1 Å². The molecule has 0 spiro atoms. The number of nitrogens with zero attached hydrogens (tertiary/aromatic N) is 1. The Morgan fingerprint density at radius 2 is 2.23 bits per heavy atom. The summed E-state index contributed by atoms with van der Waals surface area (Å²) in [5, 5.41) is 8.89. The smallest absolute Gasteiger partial charge is 0.419 e. The van der Waals surface area contributed by atoms with Crippen LogP contribution in [0.5, 0.6) is 0 Å². The number of hydrogen-bond donors (Lipinski definition) is 1. The summed E-state index contributed by atoms with van der Waals surface area (Å²) < 4.78 is 38.7.